The first-order valence-electron chi connectivity index (χ1n) is 7.48. The number of aromatic nitrogens is 2. The molecule has 5 heteroatoms. The molecule has 1 aromatic carbocycles. The van der Waals surface area contributed by atoms with Crippen molar-refractivity contribution in [3.05, 3.63) is 53.0 Å². The number of hydrogen-bond donors (Lipinski definition) is 0. The molecule has 0 atom stereocenters. The molecule has 0 spiro atoms. The van der Waals surface area contributed by atoms with Gasteiger partial charge in [0.2, 0.25) is 5.91 Å². The molecule has 0 saturated heterocycles. The van der Waals surface area contributed by atoms with Crippen LogP contribution in [0.4, 0.5) is 0 Å². The summed E-state index contributed by atoms with van der Waals surface area (Å²) in [6.45, 7) is 4.14. The summed E-state index contributed by atoms with van der Waals surface area (Å²) in [7, 11) is 0. The molecule has 3 aromatic rings. The number of para-hydroxylation sites is 2. The lowest BCUT2D eigenvalue weighted by Crippen LogP contribution is -2.30. The van der Waals surface area contributed by atoms with Crippen molar-refractivity contribution in [2.24, 2.45) is 0 Å². The number of amides is 1. The monoisotopic (exact) mass is 313 g/mol. The van der Waals surface area contributed by atoms with Gasteiger partial charge in [-0.2, -0.15) is 0 Å². The Bertz CT molecular complexity index is 748. The Kier molecular flexibility index (Phi) is 4.53. The summed E-state index contributed by atoms with van der Waals surface area (Å²) in [5.74, 6) is 0.189. The molecule has 2 heterocycles. The molecule has 0 aliphatic carbocycles. The van der Waals surface area contributed by atoms with E-state index < -0.39 is 0 Å². The largest absolute Gasteiger partial charge is 0.338 e. The number of thiophene rings is 1. The molecule has 2 aromatic heterocycles. The molecule has 0 bridgehead atoms. The van der Waals surface area contributed by atoms with Gasteiger partial charge in [-0.05, 0) is 30.5 Å². The van der Waals surface area contributed by atoms with Gasteiger partial charge in [-0.3, -0.25) is 4.79 Å². The number of aryl methyl sites for hydroxylation is 1. The zero-order valence-corrected chi connectivity index (χ0v) is 13.4. The van der Waals surface area contributed by atoms with Crippen molar-refractivity contribution in [2.45, 2.75) is 26.4 Å². The van der Waals surface area contributed by atoms with Gasteiger partial charge in [0.05, 0.1) is 23.9 Å². The molecule has 22 heavy (non-hydrogen) atoms. The molecule has 4 nitrogen and oxygen atoms in total. The van der Waals surface area contributed by atoms with Crippen LogP contribution >= 0.6 is 11.3 Å². The second-order valence-electron chi connectivity index (χ2n) is 5.16. The average Bonchev–Trinajstić information content (AvgIpc) is 3.20. The van der Waals surface area contributed by atoms with Gasteiger partial charge in [0.1, 0.15) is 0 Å². The summed E-state index contributed by atoms with van der Waals surface area (Å²) in [4.78, 5) is 19.9. The van der Waals surface area contributed by atoms with E-state index in [9.17, 15) is 4.79 Å². The Balaban J connectivity index is 1.63. The van der Waals surface area contributed by atoms with Gasteiger partial charge < -0.3 is 9.47 Å². The Morgan fingerprint density at radius 1 is 1.27 bits per heavy atom. The average molecular weight is 313 g/mol. The molecule has 0 aliphatic heterocycles. The molecule has 0 aliphatic rings. The van der Waals surface area contributed by atoms with Crippen LogP contribution in [-0.2, 0) is 17.9 Å². The van der Waals surface area contributed by atoms with E-state index in [4.69, 9.17) is 0 Å². The number of hydrogen-bond acceptors (Lipinski definition) is 3. The van der Waals surface area contributed by atoms with Gasteiger partial charge >= 0.3 is 0 Å². The van der Waals surface area contributed by atoms with E-state index in [1.54, 1.807) is 11.3 Å². The van der Waals surface area contributed by atoms with Crippen LogP contribution < -0.4 is 0 Å². The fourth-order valence-corrected chi connectivity index (χ4v) is 3.25. The molecule has 0 N–H and O–H groups in total. The first kappa shape index (κ1) is 14.8. The Hall–Kier alpha value is -2.14. The molecule has 114 valence electrons. The first-order chi connectivity index (χ1) is 10.8. The molecular formula is C17H19N3OS. The highest BCUT2D eigenvalue weighted by atomic mass is 32.1. The van der Waals surface area contributed by atoms with Gasteiger partial charge in [0, 0.05) is 24.4 Å². The second-order valence-corrected chi connectivity index (χ2v) is 6.20. The number of carbonyl (C=O) groups excluding carboxylic acids is 1. The van der Waals surface area contributed by atoms with E-state index in [1.807, 2.05) is 58.4 Å². The minimum absolute atomic E-state index is 0.189. The van der Waals surface area contributed by atoms with Crippen LogP contribution in [0.15, 0.2) is 48.1 Å². The number of carbonyl (C=O) groups is 1. The molecule has 0 saturated carbocycles. The van der Waals surface area contributed by atoms with Crippen LogP contribution in [0, 0.1) is 0 Å². The van der Waals surface area contributed by atoms with Gasteiger partial charge in [-0.1, -0.05) is 18.2 Å². The highest BCUT2D eigenvalue weighted by Gasteiger charge is 2.13. The molecule has 0 fully saturated rings. The Morgan fingerprint density at radius 2 is 2.14 bits per heavy atom. The minimum Gasteiger partial charge on any atom is -0.338 e. The van der Waals surface area contributed by atoms with E-state index in [2.05, 4.69) is 11.1 Å². The van der Waals surface area contributed by atoms with Crippen LogP contribution in [0.2, 0.25) is 0 Å². The van der Waals surface area contributed by atoms with Crippen molar-refractivity contribution in [3.8, 4) is 0 Å². The number of fused-ring (bicyclic) bond motifs is 1. The summed E-state index contributed by atoms with van der Waals surface area (Å²) in [5.41, 5.74) is 2.05. The van der Waals surface area contributed by atoms with Gasteiger partial charge in [-0.25, -0.2) is 4.98 Å². The fourth-order valence-electron chi connectivity index (χ4n) is 2.53. The van der Waals surface area contributed by atoms with Crippen molar-refractivity contribution in [2.75, 3.05) is 6.54 Å². The SMILES string of the molecule is CCN(Cc1cccs1)C(=O)CCn1cnc2ccccc21. The van der Waals surface area contributed by atoms with Crippen LogP contribution in [0.25, 0.3) is 11.0 Å². The molecule has 0 radical (unpaired) electrons. The third-order valence-corrected chi connectivity index (χ3v) is 4.62. The maximum atomic E-state index is 12.4. The third kappa shape index (κ3) is 3.20. The van der Waals surface area contributed by atoms with Gasteiger partial charge in [0.25, 0.3) is 0 Å². The minimum atomic E-state index is 0.189. The lowest BCUT2D eigenvalue weighted by Gasteiger charge is -2.20. The normalized spacial score (nSPS) is 11.0. The molecule has 0 unspecified atom stereocenters. The highest BCUT2D eigenvalue weighted by Crippen LogP contribution is 2.15. The van der Waals surface area contributed by atoms with E-state index in [0.29, 0.717) is 19.5 Å². The lowest BCUT2D eigenvalue weighted by molar-refractivity contribution is -0.131. The summed E-state index contributed by atoms with van der Waals surface area (Å²) >= 11 is 1.69. The van der Waals surface area contributed by atoms with Crippen LogP contribution in [0.5, 0.6) is 0 Å². The number of rotatable bonds is 6. The lowest BCUT2D eigenvalue weighted by atomic mass is 10.3. The molecule has 1 amide bonds. The molecule has 3 rings (SSSR count). The summed E-state index contributed by atoms with van der Waals surface area (Å²) < 4.78 is 2.05. The van der Waals surface area contributed by atoms with Crippen molar-refractivity contribution in [1.29, 1.82) is 0 Å². The van der Waals surface area contributed by atoms with Crippen molar-refractivity contribution in [1.82, 2.24) is 14.5 Å². The molecular weight excluding hydrogens is 294 g/mol. The van der Waals surface area contributed by atoms with E-state index >= 15 is 0 Å². The summed E-state index contributed by atoms with van der Waals surface area (Å²) in [5, 5.41) is 2.05. The predicted molar refractivity (Wildman–Crippen MR) is 89.8 cm³/mol. The van der Waals surface area contributed by atoms with Crippen molar-refractivity contribution < 1.29 is 4.79 Å². The smallest absolute Gasteiger partial charge is 0.224 e. The fraction of sp³-hybridized carbons (Fsp3) is 0.294. The number of imidazole rings is 1. The van der Waals surface area contributed by atoms with E-state index in [1.165, 1.54) is 4.88 Å². The van der Waals surface area contributed by atoms with Gasteiger partial charge in [-0.15, -0.1) is 11.3 Å². The summed E-state index contributed by atoms with van der Waals surface area (Å²) in [6.07, 6.45) is 2.31. The predicted octanol–water partition coefficient (Wildman–Crippen LogP) is 3.54. The van der Waals surface area contributed by atoms with E-state index in [-0.39, 0.29) is 5.91 Å². The Morgan fingerprint density at radius 3 is 2.91 bits per heavy atom. The zero-order valence-electron chi connectivity index (χ0n) is 12.6. The quantitative estimate of drug-likeness (QED) is 0.698. The maximum Gasteiger partial charge on any atom is 0.224 e. The Labute approximate surface area is 134 Å². The highest BCUT2D eigenvalue weighted by molar-refractivity contribution is 7.09. The van der Waals surface area contributed by atoms with Crippen LogP contribution in [0.1, 0.15) is 18.2 Å². The second kappa shape index (κ2) is 6.75. The van der Waals surface area contributed by atoms with Crippen molar-refractivity contribution >= 4 is 28.3 Å². The topological polar surface area (TPSA) is 38.1 Å². The zero-order chi connectivity index (χ0) is 15.4. The third-order valence-electron chi connectivity index (χ3n) is 3.76. The maximum absolute atomic E-state index is 12.4. The number of benzene rings is 1. The van der Waals surface area contributed by atoms with E-state index in [0.717, 1.165) is 17.6 Å². The summed E-state index contributed by atoms with van der Waals surface area (Å²) in [6, 6.07) is 12.1. The van der Waals surface area contributed by atoms with Crippen LogP contribution in [-0.4, -0.2) is 26.9 Å². The standard InChI is InChI=1S/C17H19N3OS/c1-2-19(12-14-6-5-11-22-14)17(21)9-10-20-13-18-15-7-3-4-8-16(15)20/h3-8,11,13H,2,9-10,12H2,1H3. The number of nitrogens with zero attached hydrogens (tertiary/aromatic N) is 3. The first-order valence-corrected chi connectivity index (χ1v) is 8.36. The van der Waals surface area contributed by atoms with Gasteiger partial charge in [0.15, 0.2) is 0 Å². The van der Waals surface area contributed by atoms with Crippen molar-refractivity contribution in [3.63, 3.8) is 0 Å². The van der Waals surface area contributed by atoms with Crippen LogP contribution in [0.3, 0.4) is 0 Å².